The average Bonchev–Trinajstić information content (AvgIpc) is 2.37. The lowest BCUT2D eigenvalue weighted by molar-refractivity contribution is 0.558. The van der Waals surface area contributed by atoms with Crippen molar-refractivity contribution in [3.63, 3.8) is 0 Å². The van der Waals surface area contributed by atoms with Gasteiger partial charge in [0, 0.05) is 17.3 Å². The van der Waals surface area contributed by atoms with E-state index < -0.39 is 11.6 Å². The van der Waals surface area contributed by atoms with Gasteiger partial charge >= 0.3 is 0 Å². The number of halogens is 2. The molecule has 0 spiro atoms. The fraction of sp³-hybridized carbons (Fsp3) is 0.438. The fourth-order valence-electron chi connectivity index (χ4n) is 1.97. The van der Waals surface area contributed by atoms with E-state index in [2.05, 4.69) is 0 Å². The van der Waals surface area contributed by atoms with Crippen molar-refractivity contribution in [2.45, 2.75) is 47.5 Å². The molecule has 20 heavy (non-hydrogen) atoms. The van der Waals surface area contributed by atoms with E-state index in [4.69, 9.17) is 11.0 Å². The normalized spacial score (nSPS) is 11.4. The number of benzene rings is 1. The van der Waals surface area contributed by atoms with Gasteiger partial charge in [-0.1, -0.05) is 27.7 Å². The summed E-state index contributed by atoms with van der Waals surface area (Å²) in [6.07, 6.45) is 0. The maximum absolute atomic E-state index is 13.9. The molecule has 0 amide bonds. The highest BCUT2D eigenvalue weighted by molar-refractivity contribution is 5.82. The summed E-state index contributed by atoms with van der Waals surface area (Å²) in [4.78, 5) is 0. The van der Waals surface area contributed by atoms with Crippen LogP contribution in [0.4, 0.5) is 8.78 Å². The maximum Gasteiger partial charge on any atom is 0.130 e. The first-order valence-electron chi connectivity index (χ1n) is 6.66. The van der Waals surface area contributed by atoms with Gasteiger partial charge in [-0.15, -0.1) is 0 Å². The van der Waals surface area contributed by atoms with Crippen LogP contribution in [0.5, 0.6) is 0 Å². The molecule has 0 aromatic heterocycles. The standard InChI is InChI=1S/C14H16F2N2.C2H6/c1-7(2)13-12(16)5-11(15)8(3)14(13)10(6-17)9(4)18;1-2/h5,7H,18H2,1-4H3;1-2H3/b10-9+;. The lowest BCUT2D eigenvalue weighted by Gasteiger charge is -2.17. The molecule has 4 heteroatoms. The molecule has 110 valence electrons. The Labute approximate surface area is 119 Å². The summed E-state index contributed by atoms with van der Waals surface area (Å²) in [6.45, 7) is 10.7. The van der Waals surface area contributed by atoms with Gasteiger partial charge in [0.2, 0.25) is 0 Å². The smallest absolute Gasteiger partial charge is 0.130 e. The molecular weight excluding hydrogens is 258 g/mol. The predicted molar refractivity (Wildman–Crippen MR) is 78.9 cm³/mol. The van der Waals surface area contributed by atoms with Crippen LogP contribution in [-0.2, 0) is 0 Å². The number of allylic oxidation sites excluding steroid dienone is 2. The minimum atomic E-state index is -0.666. The molecule has 0 bridgehead atoms. The van der Waals surface area contributed by atoms with Crippen LogP contribution >= 0.6 is 0 Å². The van der Waals surface area contributed by atoms with Gasteiger partial charge in [-0.05, 0) is 30.9 Å². The molecule has 1 aromatic carbocycles. The molecule has 2 N–H and O–H groups in total. The summed E-state index contributed by atoms with van der Waals surface area (Å²) in [5.74, 6) is -1.47. The summed E-state index contributed by atoms with van der Waals surface area (Å²) in [5, 5.41) is 9.13. The molecule has 0 atom stereocenters. The quantitative estimate of drug-likeness (QED) is 0.802. The van der Waals surface area contributed by atoms with E-state index in [0.29, 0.717) is 5.56 Å². The zero-order chi connectivity index (χ0) is 16.0. The zero-order valence-corrected chi connectivity index (χ0v) is 12.9. The number of hydrogen-bond acceptors (Lipinski definition) is 2. The third-order valence-electron chi connectivity index (χ3n) is 2.85. The van der Waals surface area contributed by atoms with E-state index in [-0.39, 0.29) is 28.3 Å². The minimum absolute atomic E-state index is 0.134. The summed E-state index contributed by atoms with van der Waals surface area (Å²) in [6, 6.07) is 2.79. The third-order valence-corrected chi connectivity index (χ3v) is 2.85. The Balaban J connectivity index is 0.00000172. The number of nitrogens with two attached hydrogens (primary N) is 1. The van der Waals surface area contributed by atoms with Crippen molar-refractivity contribution >= 4 is 5.57 Å². The lowest BCUT2D eigenvalue weighted by atomic mass is 9.88. The molecule has 0 saturated carbocycles. The number of nitriles is 1. The van der Waals surface area contributed by atoms with Crippen molar-refractivity contribution < 1.29 is 8.78 Å². The zero-order valence-electron chi connectivity index (χ0n) is 12.9. The van der Waals surface area contributed by atoms with Crippen LogP contribution in [0.3, 0.4) is 0 Å². The monoisotopic (exact) mass is 280 g/mol. The first-order chi connectivity index (χ1) is 9.31. The fourth-order valence-corrected chi connectivity index (χ4v) is 1.97. The van der Waals surface area contributed by atoms with Crippen molar-refractivity contribution in [3.05, 3.63) is 40.1 Å². The van der Waals surface area contributed by atoms with Gasteiger partial charge in [0.1, 0.15) is 17.7 Å². The van der Waals surface area contributed by atoms with Crippen LogP contribution in [0.1, 0.15) is 57.2 Å². The second-order valence-corrected chi connectivity index (χ2v) is 4.58. The third kappa shape index (κ3) is 3.57. The molecule has 2 nitrogen and oxygen atoms in total. The van der Waals surface area contributed by atoms with E-state index in [0.717, 1.165) is 6.07 Å². The van der Waals surface area contributed by atoms with Crippen molar-refractivity contribution in [2.75, 3.05) is 0 Å². The Bertz CT molecular complexity index is 549. The van der Waals surface area contributed by atoms with Gasteiger partial charge in [-0.2, -0.15) is 5.26 Å². The molecular formula is C16H22F2N2. The maximum atomic E-state index is 13.9. The lowest BCUT2D eigenvalue weighted by Crippen LogP contribution is -2.07. The highest BCUT2D eigenvalue weighted by Crippen LogP contribution is 2.33. The van der Waals surface area contributed by atoms with Gasteiger partial charge in [0.05, 0.1) is 5.57 Å². The summed E-state index contributed by atoms with van der Waals surface area (Å²) >= 11 is 0. The minimum Gasteiger partial charge on any atom is -0.401 e. The van der Waals surface area contributed by atoms with Crippen molar-refractivity contribution in [2.24, 2.45) is 5.73 Å². The number of hydrogen-bond donors (Lipinski definition) is 1. The Morgan fingerprint density at radius 2 is 1.75 bits per heavy atom. The van der Waals surface area contributed by atoms with Gasteiger partial charge in [-0.25, -0.2) is 8.78 Å². The summed E-state index contributed by atoms with van der Waals surface area (Å²) < 4.78 is 27.5. The highest BCUT2D eigenvalue weighted by Gasteiger charge is 2.21. The molecule has 0 heterocycles. The van der Waals surface area contributed by atoms with Crippen molar-refractivity contribution in [3.8, 4) is 6.07 Å². The molecule has 0 unspecified atom stereocenters. The van der Waals surface area contributed by atoms with Gasteiger partial charge in [0.15, 0.2) is 0 Å². The van der Waals surface area contributed by atoms with E-state index in [1.54, 1.807) is 20.8 Å². The van der Waals surface area contributed by atoms with Crippen molar-refractivity contribution in [1.29, 1.82) is 5.26 Å². The Morgan fingerprint density at radius 1 is 1.25 bits per heavy atom. The van der Waals surface area contributed by atoms with Gasteiger partial charge < -0.3 is 5.73 Å². The van der Waals surface area contributed by atoms with Crippen LogP contribution in [-0.4, -0.2) is 0 Å². The number of rotatable bonds is 2. The molecule has 0 aliphatic rings. The SMILES string of the molecule is C/C(N)=C(/C#N)c1c(C)c(F)cc(F)c1C(C)C.CC. The van der Waals surface area contributed by atoms with Crippen LogP contribution in [0, 0.1) is 29.9 Å². The molecule has 0 aliphatic carbocycles. The first-order valence-corrected chi connectivity index (χ1v) is 6.66. The van der Waals surface area contributed by atoms with Crippen LogP contribution in [0.25, 0.3) is 5.57 Å². The van der Waals surface area contributed by atoms with Crippen LogP contribution in [0.2, 0.25) is 0 Å². The molecule has 1 aromatic rings. The van der Waals surface area contributed by atoms with E-state index >= 15 is 0 Å². The Kier molecular flexibility index (Phi) is 6.92. The largest absolute Gasteiger partial charge is 0.401 e. The topological polar surface area (TPSA) is 49.8 Å². The van der Waals surface area contributed by atoms with E-state index in [1.807, 2.05) is 19.9 Å². The highest BCUT2D eigenvalue weighted by atomic mass is 19.1. The van der Waals surface area contributed by atoms with E-state index in [9.17, 15) is 8.78 Å². The first kappa shape index (κ1) is 18.1. The molecule has 0 aliphatic heterocycles. The average molecular weight is 280 g/mol. The van der Waals surface area contributed by atoms with Crippen LogP contribution < -0.4 is 5.73 Å². The second kappa shape index (κ2) is 7.64. The molecule has 0 fully saturated rings. The van der Waals surface area contributed by atoms with Crippen LogP contribution in [0.15, 0.2) is 11.8 Å². The van der Waals surface area contributed by atoms with Crippen molar-refractivity contribution in [1.82, 2.24) is 0 Å². The predicted octanol–water partition coefficient (Wildman–Crippen LogP) is 4.64. The number of nitrogens with zero attached hydrogens (tertiary/aromatic N) is 1. The summed E-state index contributed by atoms with van der Waals surface area (Å²) in [7, 11) is 0. The molecule has 1 rings (SSSR count). The van der Waals surface area contributed by atoms with Gasteiger partial charge in [-0.3, -0.25) is 0 Å². The second-order valence-electron chi connectivity index (χ2n) is 4.58. The molecule has 0 saturated heterocycles. The molecule has 0 radical (unpaired) electrons. The Morgan fingerprint density at radius 3 is 2.10 bits per heavy atom. The van der Waals surface area contributed by atoms with E-state index in [1.165, 1.54) is 6.92 Å². The summed E-state index contributed by atoms with van der Waals surface area (Å²) in [5.41, 5.74) is 6.88. The Hall–Kier alpha value is -1.89. The van der Waals surface area contributed by atoms with Gasteiger partial charge in [0.25, 0.3) is 0 Å².